The summed E-state index contributed by atoms with van der Waals surface area (Å²) in [5.41, 5.74) is 0.904. The van der Waals surface area contributed by atoms with Crippen LogP contribution in [0, 0.1) is 12.3 Å². The minimum atomic E-state index is 0.128. The van der Waals surface area contributed by atoms with Gasteiger partial charge in [0.15, 0.2) is 0 Å². The van der Waals surface area contributed by atoms with Gasteiger partial charge in [0.25, 0.3) is 0 Å². The van der Waals surface area contributed by atoms with Crippen molar-refractivity contribution < 1.29 is 0 Å². The normalized spacial score (nSPS) is 12.0. The molecule has 0 saturated carbocycles. The molecular weight excluding hydrogens is 148 g/mol. The average molecular weight is 160 g/mol. The minimum Gasteiger partial charge on any atom is -0.261 e. The second-order valence-electron chi connectivity index (χ2n) is 2.64. The summed E-state index contributed by atoms with van der Waals surface area (Å²) in [5.74, 6) is 2.85. The predicted molar refractivity (Wildman–Crippen MR) is 48.5 cm³/mol. The lowest BCUT2D eigenvalue weighted by Gasteiger charge is -2.06. The van der Waals surface area contributed by atoms with E-state index in [-0.39, 0.29) is 5.92 Å². The Morgan fingerprint density at radius 3 is 2.92 bits per heavy atom. The molecule has 2 heteroatoms. The molecule has 1 rings (SSSR count). The van der Waals surface area contributed by atoms with E-state index < -0.39 is 0 Å². The van der Waals surface area contributed by atoms with Gasteiger partial charge in [0.1, 0.15) is 0 Å². The summed E-state index contributed by atoms with van der Waals surface area (Å²) in [6.07, 6.45) is 12.5. The Balaban J connectivity index is 2.75. The fourth-order valence-electron chi connectivity index (χ4n) is 1.10. The second kappa shape index (κ2) is 4.50. The van der Waals surface area contributed by atoms with Crippen molar-refractivity contribution >= 4 is 0 Å². The first-order chi connectivity index (χ1) is 5.88. The van der Waals surface area contributed by atoms with E-state index in [0.29, 0.717) is 0 Å². The predicted octanol–water partition coefficient (Wildman–Crippen LogP) is 1.99. The number of rotatable bonds is 3. The SMILES string of the molecule is C#CC(CCC)c1cnccn1. The van der Waals surface area contributed by atoms with Gasteiger partial charge < -0.3 is 0 Å². The van der Waals surface area contributed by atoms with Crippen LogP contribution < -0.4 is 0 Å². The molecule has 0 bridgehead atoms. The van der Waals surface area contributed by atoms with Crippen LogP contribution in [0.3, 0.4) is 0 Å². The largest absolute Gasteiger partial charge is 0.261 e. The summed E-state index contributed by atoms with van der Waals surface area (Å²) in [7, 11) is 0. The molecule has 1 unspecified atom stereocenters. The van der Waals surface area contributed by atoms with E-state index >= 15 is 0 Å². The van der Waals surface area contributed by atoms with Gasteiger partial charge in [-0.25, -0.2) is 0 Å². The summed E-state index contributed by atoms with van der Waals surface area (Å²) >= 11 is 0. The molecule has 0 spiro atoms. The topological polar surface area (TPSA) is 25.8 Å². The van der Waals surface area contributed by atoms with Crippen molar-refractivity contribution in [3.8, 4) is 12.3 Å². The quantitative estimate of drug-likeness (QED) is 0.632. The zero-order valence-electron chi connectivity index (χ0n) is 7.20. The summed E-state index contributed by atoms with van der Waals surface area (Å²) in [5, 5.41) is 0. The monoisotopic (exact) mass is 160 g/mol. The van der Waals surface area contributed by atoms with Gasteiger partial charge in [0, 0.05) is 18.6 Å². The maximum Gasteiger partial charge on any atom is 0.0736 e. The first-order valence-corrected chi connectivity index (χ1v) is 4.10. The number of nitrogens with zero attached hydrogens (tertiary/aromatic N) is 2. The summed E-state index contributed by atoms with van der Waals surface area (Å²) in [6, 6.07) is 0. The molecule has 0 radical (unpaired) electrons. The highest BCUT2D eigenvalue weighted by molar-refractivity contribution is 5.15. The first-order valence-electron chi connectivity index (χ1n) is 4.10. The van der Waals surface area contributed by atoms with Crippen molar-refractivity contribution in [3.05, 3.63) is 24.3 Å². The molecule has 1 atom stereocenters. The Kier molecular flexibility index (Phi) is 3.28. The van der Waals surface area contributed by atoms with Crippen molar-refractivity contribution in [2.45, 2.75) is 25.7 Å². The molecule has 2 nitrogen and oxygen atoms in total. The van der Waals surface area contributed by atoms with E-state index in [9.17, 15) is 0 Å². The molecule has 1 aromatic heterocycles. The minimum absolute atomic E-state index is 0.128. The third-order valence-electron chi connectivity index (χ3n) is 1.72. The summed E-state index contributed by atoms with van der Waals surface area (Å²) in [4.78, 5) is 8.14. The lowest BCUT2D eigenvalue weighted by atomic mass is 10.0. The summed E-state index contributed by atoms with van der Waals surface area (Å²) in [6.45, 7) is 2.11. The van der Waals surface area contributed by atoms with Crippen molar-refractivity contribution in [1.29, 1.82) is 0 Å². The van der Waals surface area contributed by atoms with Gasteiger partial charge in [0.2, 0.25) is 0 Å². The van der Waals surface area contributed by atoms with Gasteiger partial charge in [-0.15, -0.1) is 6.42 Å². The average Bonchev–Trinajstić information content (AvgIpc) is 2.15. The van der Waals surface area contributed by atoms with Crippen molar-refractivity contribution in [1.82, 2.24) is 9.97 Å². The first kappa shape index (κ1) is 8.73. The van der Waals surface area contributed by atoms with E-state index in [2.05, 4.69) is 22.8 Å². The van der Waals surface area contributed by atoms with Gasteiger partial charge in [-0.05, 0) is 6.42 Å². The Morgan fingerprint density at radius 1 is 1.58 bits per heavy atom. The molecule has 0 amide bonds. The van der Waals surface area contributed by atoms with Gasteiger partial charge >= 0.3 is 0 Å². The van der Waals surface area contributed by atoms with Crippen molar-refractivity contribution in [2.24, 2.45) is 0 Å². The van der Waals surface area contributed by atoms with Crippen molar-refractivity contribution in [2.75, 3.05) is 0 Å². The smallest absolute Gasteiger partial charge is 0.0736 e. The summed E-state index contributed by atoms with van der Waals surface area (Å²) < 4.78 is 0. The Hall–Kier alpha value is -1.36. The lowest BCUT2D eigenvalue weighted by Crippen LogP contribution is -1.98. The highest BCUT2D eigenvalue weighted by Gasteiger charge is 2.07. The van der Waals surface area contributed by atoms with Crippen LogP contribution in [0.4, 0.5) is 0 Å². The zero-order chi connectivity index (χ0) is 8.81. The fraction of sp³-hybridized carbons (Fsp3) is 0.400. The maximum absolute atomic E-state index is 5.37. The van der Waals surface area contributed by atoms with Crippen LogP contribution in [0.2, 0.25) is 0 Å². The highest BCUT2D eigenvalue weighted by Crippen LogP contribution is 2.16. The van der Waals surface area contributed by atoms with Crippen LogP contribution in [0.25, 0.3) is 0 Å². The van der Waals surface area contributed by atoms with Crippen LogP contribution in [-0.2, 0) is 0 Å². The molecule has 0 aromatic carbocycles. The van der Waals surface area contributed by atoms with Crippen LogP contribution >= 0.6 is 0 Å². The molecule has 62 valence electrons. The van der Waals surface area contributed by atoms with E-state index in [0.717, 1.165) is 18.5 Å². The number of hydrogen-bond acceptors (Lipinski definition) is 2. The Morgan fingerprint density at radius 2 is 2.42 bits per heavy atom. The molecule has 0 fully saturated rings. The van der Waals surface area contributed by atoms with E-state index in [1.54, 1.807) is 18.6 Å². The molecular formula is C10H12N2. The fourth-order valence-corrected chi connectivity index (χ4v) is 1.10. The lowest BCUT2D eigenvalue weighted by molar-refractivity contribution is 0.712. The zero-order valence-corrected chi connectivity index (χ0v) is 7.20. The second-order valence-corrected chi connectivity index (χ2v) is 2.64. The van der Waals surface area contributed by atoms with Gasteiger partial charge in [0.05, 0.1) is 11.6 Å². The van der Waals surface area contributed by atoms with Gasteiger partial charge in [-0.2, -0.15) is 0 Å². The molecule has 0 N–H and O–H groups in total. The number of aromatic nitrogens is 2. The highest BCUT2D eigenvalue weighted by atomic mass is 14.8. The van der Waals surface area contributed by atoms with Gasteiger partial charge in [-0.3, -0.25) is 9.97 Å². The molecule has 0 aliphatic carbocycles. The Labute approximate surface area is 73.1 Å². The third kappa shape index (κ3) is 2.06. The molecule has 1 aromatic rings. The van der Waals surface area contributed by atoms with E-state index in [4.69, 9.17) is 6.42 Å². The van der Waals surface area contributed by atoms with Crippen LogP contribution in [0.5, 0.6) is 0 Å². The number of hydrogen-bond donors (Lipinski definition) is 0. The Bertz CT molecular complexity index is 261. The van der Waals surface area contributed by atoms with Crippen molar-refractivity contribution in [3.63, 3.8) is 0 Å². The van der Waals surface area contributed by atoms with Crippen LogP contribution in [0.1, 0.15) is 31.4 Å². The molecule has 0 aliphatic rings. The third-order valence-corrected chi connectivity index (χ3v) is 1.72. The molecule has 0 saturated heterocycles. The van der Waals surface area contributed by atoms with E-state index in [1.165, 1.54) is 0 Å². The molecule has 12 heavy (non-hydrogen) atoms. The molecule has 0 aliphatic heterocycles. The standard InChI is InChI=1S/C10H12N2/c1-3-5-9(4-2)10-8-11-6-7-12-10/h2,6-9H,3,5H2,1H3. The number of terminal acetylenes is 1. The van der Waals surface area contributed by atoms with Crippen LogP contribution in [0.15, 0.2) is 18.6 Å². The van der Waals surface area contributed by atoms with E-state index in [1.807, 2.05) is 0 Å². The molecule has 1 heterocycles. The maximum atomic E-state index is 5.37. The van der Waals surface area contributed by atoms with Gasteiger partial charge in [-0.1, -0.05) is 19.3 Å². The van der Waals surface area contributed by atoms with Crippen LogP contribution in [-0.4, -0.2) is 9.97 Å².